The standard InChI is InChI=1S/C40H54N2O5/c1-29(13-9-15-32-27-45-39(46-28-32)33-16-18-34(41-44)19-17-33)11-8-12-30(2)14-10-21-40(4)22-20-35-36(26-42-23-6-5-7-24-42)37(43)25-31(3)38(35)47-40/h11,14-19,25,39,43H,5-10,12-13,20-24,26-28H2,1-4H3/b29-11+,30-14+,32-15?. The Morgan fingerprint density at radius 2 is 1.68 bits per heavy atom. The second kappa shape index (κ2) is 16.7. The zero-order chi connectivity index (χ0) is 33.2. The minimum Gasteiger partial charge on any atom is -0.508 e. The Balaban J connectivity index is 1.02. The molecule has 0 radical (unpaired) electrons. The lowest BCUT2D eigenvalue weighted by molar-refractivity contribution is -0.161. The van der Waals surface area contributed by atoms with E-state index in [-0.39, 0.29) is 5.60 Å². The zero-order valence-corrected chi connectivity index (χ0v) is 29.0. The zero-order valence-electron chi connectivity index (χ0n) is 29.0. The van der Waals surface area contributed by atoms with Gasteiger partial charge in [0.2, 0.25) is 0 Å². The summed E-state index contributed by atoms with van der Waals surface area (Å²) in [6.45, 7) is 13.0. The molecule has 0 aromatic heterocycles. The normalized spacial score (nSPS) is 22.5. The molecule has 0 spiro atoms. The Kier molecular flexibility index (Phi) is 12.5. The van der Waals surface area contributed by atoms with Gasteiger partial charge in [-0.15, -0.1) is 4.91 Å². The summed E-state index contributed by atoms with van der Waals surface area (Å²) in [5, 5.41) is 13.8. The van der Waals surface area contributed by atoms with Crippen LogP contribution >= 0.6 is 0 Å². The van der Waals surface area contributed by atoms with Crippen LogP contribution in [0.15, 0.2) is 70.5 Å². The highest BCUT2D eigenvalue weighted by Crippen LogP contribution is 2.43. The molecule has 1 atom stereocenters. The minimum absolute atomic E-state index is 0.186. The fourth-order valence-electron chi connectivity index (χ4n) is 7.01. The third kappa shape index (κ3) is 9.88. The predicted octanol–water partition coefficient (Wildman–Crippen LogP) is 10.1. The Bertz CT molecular complexity index is 1440. The van der Waals surface area contributed by atoms with Crippen molar-refractivity contribution in [1.82, 2.24) is 4.90 Å². The van der Waals surface area contributed by atoms with Crippen molar-refractivity contribution in [3.63, 3.8) is 0 Å². The highest BCUT2D eigenvalue weighted by atomic mass is 16.7. The SMILES string of the molecule is C/C(=C\CC/C(C)=C/CCC1(C)CCc2c(CN3CCCCC3)c(O)cc(C)c2O1)CCC=C1COC(c2ccc(N=O)cc2)OC1. The number of hydrogen-bond acceptors (Lipinski definition) is 7. The van der Waals surface area contributed by atoms with Crippen LogP contribution < -0.4 is 4.74 Å². The van der Waals surface area contributed by atoms with Crippen molar-refractivity contribution in [3.8, 4) is 11.5 Å². The van der Waals surface area contributed by atoms with Gasteiger partial charge in [0.25, 0.3) is 0 Å². The minimum atomic E-state index is -0.400. The molecular formula is C40H54N2O5. The van der Waals surface area contributed by atoms with Crippen molar-refractivity contribution in [2.75, 3.05) is 26.3 Å². The van der Waals surface area contributed by atoms with E-state index in [1.165, 1.54) is 41.5 Å². The van der Waals surface area contributed by atoms with E-state index in [9.17, 15) is 10.0 Å². The summed E-state index contributed by atoms with van der Waals surface area (Å²) in [7, 11) is 0. The summed E-state index contributed by atoms with van der Waals surface area (Å²) in [6.07, 6.45) is 18.5. The largest absolute Gasteiger partial charge is 0.508 e. The van der Waals surface area contributed by atoms with E-state index in [0.29, 0.717) is 24.7 Å². The number of aromatic hydroxyl groups is 1. The molecule has 2 aromatic rings. The highest BCUT2D eigenvalue weighted by Gasteiger charge is 2.34. The number of benzene rings is 2. The van der Waals surface area contributed by atoms with Gasteiger partial charge >= 0.3 is 0 Å². The third-order valence-corrected chi connectivity index (χ3v) is 10.0. The molecule has 0 saturated carbocycles. The molecule has 0 amide bonds. The molecule has 3 aliphatic heterocycles. The average Bonchev–Trinajstić information content (AvgIpc) is 3.07. The van der Waals surface area contributed by atoms with Crippen LogP contribution in [0.3, 0.4) is 0 Å². The summed E-state index contributed by atoms with van der Waals surface area (Å²) in [6, 6.07) is 8.92. The van der Waals surface area contributed by atoms with Gasteiger partial charge in [-0.05, 0) is 140 Å². The van der Waals surface area contributed by atoms with Gasteiger partial charge in [0.15, 0.2) is 6.29 Å². The number of likely N-dealkylation sites (tertiary alicyclic amines) is 1. The van der Waals surface area contributed by atoms with E-state index in [1.54, 1.807) is 12.1 Å². The molecule has 2 aromatic carbocycles. The lowest BCUT2D eigenvalue weighted by Crippen LogP contribution is -2.37. The second-order valence-electron chi connectivity index (χ2n) is 14.1. The van der Waals surface area contributed by atoms with Crippen LogP contribution in [0, 0.1) is 11.8 Å². The fourth-order valence-corrected chi connectivity index (χ4v) is 7.01. The number of hydrogen-bond donors (Lipinski definition) is 1. The van der Waals surface area contributed by atoms with E-state index in [0.717, 1.165) is 93.4 Å². The number of nitroso groups, excluding NO2 is 1. The van der Waals surface area contributed by atoms with Crippen LogP contribution in [-0.2, 0) is 22.4 Å². The molecule has 5 rings (SSSR count). The Labute approximate surface area is 281 Å². The number of phenols is 1. The maximum atomic E-state index is 10.9. The fraction of sp³-hybridized carbons (Fsp3) is 0.550. The van der Waals surface area contributed by atoms with Crippen molar-refractivity contribution in [2.45, 2.75) is 117 Å². The number of ether oxygens (including phenoxy) is 3. The van der Waals surface area contributed by atoms with Crippen molar-refractivity contribution >= 4 is 5.69 Å². The first-order valence-electron chi connectivity index (χ1n) is 17.6. The molecule has 3 aliphatic rings. The van der Waals surface area contributed by atoms with Crippen LogP contribution in [0.1, 0.15) is 114 Å². The van der Waals surface area contributed by atoms with Gasteiger partial charge in [0.1, 0.15) is 22.8 Å². The monoisotopic (exact) mass is 642 g/mol. The molecule has 0 bridgehead atoms. The van der Waals surface area contributed by atoms with Gasteiger partial charge in [-0.25, -0.2) is 0 Å². The van der Waals surface area contributed by atoms with Crippen LogP contribution in [0.5, 0.6) is 11.5 Å². The van der Waals surface area contributed by atoms with E-state index in [2.05, 4.69) is 56.0 Å². The van der Waals surface area contributed by atoms with Crippen molar-refractivity contribution in [2.24, 2.45) is 5.18 Å². The molecule has 3 heterocycles. The number of rotatable bonds is 13. The molecule has 1 N–H and O–H groups in total. The number of nitrogens with zero attached hydrogens (tertiary/aromatic N) is 2. The number of piperidine rings is 1. The molecule has 47 heavy (non-hydrogen) atoms. The number of aryl methyl sites for hydroxylation is 1. The molecule has 7 heteroatoms. The van der Waals surface area contributed by atoms with E-state index in [4.69, 9.17) is 14.2 Å². The van der Waals surface area contributed by atoms with Crippen LogP contribution in [0.4, 0.5) is 5.69 Å². The number of fused-ring (bicyclic) bond motifs is 1. The molecule has 2 fully saturated rings. The third-order valence-electron chi connectivity index (χ3n) is 10.0. The molecule has 2 saturated heterocycles. The predicted molar refractivity (Wildman–Crippen MR) is 189 cm³/mol. The quantitative estimate of drug-likeness (QED) is 0.173. The first-order chi connectivity index (χ1) is 22.7. The summed E-state index contributed by atoms with van der Waals surface area (Å²) < 4.78 is 18.5. The van der Waals surface area contributed by atoms with Crippen molar-refractivity contribution in [1.29, 1.82) is 0 Å². The summed E-state index contributed by atoms with van der Waals surface area (Å²) in [5.41, 5.74) is 8.48. The highest BCUT2D eigenvalue weighted by molar-refractivity contribution is 5.54. The summed E-state index contributed by atoms with van der Waals surface area (Å²) >= 11 is 0. The van der Waals surface area contributed by atoms with E-state index < -0.39 is 6.29 Å². The Morgan fingerprint density at radius 3 is 2.38 bits per heavy atom. The van der Waals surface area contributed by atoms with Gasteiger partial charge < -0.3 is 19.3 Å². The lowest BCUT2D eigenvalue weighted by Gasteiger charge is -2.38. The number of phenolic OH excluding ortho intramolecular Hbond substituents is 1. The second-order valence-corrected chi connectivity index (χ2v) is 14.1. The number of allylic oxidation sites excluding steroid dienone is 5. The first kappa shape index (κ1) is 35.1. The van der Waals surface area contributed by atoms with Gasteiger partial charge in [0.05, 0.1) is 13.2 Å². The van der Waals surface area contributed by atoms with E-state index >= 15 is 0 Å². The molecular weight excluding hydrogens is 588 g/mol. The van der Waals surface area contributed by atoms with Gasteiger partial charge in [-0.3, -0.25) is 4.90 Å². The Morgan fingerprint density at radius 1 is 1.00 bits per heavy atom. The van der Waals surface area contributed by atoms with Gasteiger partial charge in [-0.2, -0.15) is 0 Å². The Hall–Kier alpha value is -3.26. The van der Waals surface area contributed by atoms with Crippen molar-refractivity contribution < 1.29 is 19.3 Å². The lowest BCUT2D eigenvalue weighted by atomic mass is 9.85. The molecule has 254 valence electrons. The smallest absolute Gasteiger partial charge is 0.184 e. The summed E-state index contributed by atoms with van der Waals surface area (Å²) in [5.74, 6) is 1.44. The summed E-state index contributed by atoms with van der Waals surface area (Å²) in [4.78, 5) is 13.1. The molecule has 1 unspecified atom stereocenters. The van der Waals surface area contributed by atoms with Gasteiger partial charge in [0, 0.05) is 23.2 Å². The molecule has 7 nitrogen and oxygen atoms in total. The van der Waals surface area contributed by atoms with Crippen LogP contribution in [0.2, 0.25) is 0 Å². The average molecular weight is 643 g/mol. The maximum absolute atomic E-state index is 10.9. The van der Waals surface area contributed by atoms with Gasteiger partial charge in [-0.1, -0.05) is 47.9 Å². The first-order valence-corrected chi connectivity index (χ1v) is 17.6. The topological polar surface area (TPSA) is 80.6 Å². The maximum Gasteiger partial charge on any atom is 0.184 e. The van der Waals surface area contributed by atoms with Crippen molar-refractivity contribution in [3.05, 3.63) is 92.4 Å². The molecule has 0 aliphatic carbocycles. The van der Waals surface area contributed by atoms with Crippen LogP contribution in [-0.4, -0.2) is 41.9 Å². The van der Waals surface area contributed by atoms with Crippen LogP contribution in [0.25, 0.3) is 0 Å². The van der Waals surface area contributed by atoms with E-state index in [1.807, 2.05) is 18.2 Å².